The molecule has 1 aliphatic heterocycles. The average Bonchev–Trinajstić information content (AvgIpc) is 3.14. The van der Waals surface area contributed by atoms with Crippen LogP contribution in [0, 0.1) is 6.92 Å². The number of hydrogen-bond donors (Lipinski definition) is 0. The molecule has 5 nitrogen and oxygen atoms in total. The minimum atomic E-state index is -0.476. The molecule has 0 radical (unpaired) electrons. The van der Waals surface area contributed by atoms with E-state index < -0.39 is 5.97 Å². The van der Waals surface area contributed by atoms with Crippen LogP contribution in [-0.4, -0.2) is 18.5 Å². The number of ether oxygens (including phenoxy) is 3. The van der Waals surface area contributed by atoms with E-state index in [1.165, 1.54) is 0 Å². The summed E-state index contributed by atoms with van der Waals surface area (Å²) >= 11 is 3.54. The van der Waals surface area contributed by atoms with E-state index in [0.717, 1.165) is 26.7 Å². The van der Waals surface area contributed by atoms with Gasteiger partial charge in [-0.15, -0.1) is 0 Å². The van der Waals surface area contributed by atoms with Crippen molar-refractivity contribution < 1.29 is 19.0 Å². The van der Waals surface area contributed by atoms with Crippen LogP contribution in [0.4, 0.5) is 0 Å². The van der Waals surface area contributed by atoms with Crippen LogP contribution >= 0.6 is 15.9 Å². The van der Waals surface area contributed by atoms with Gasteiger partial charge in [0.15, 0.2) is 17.2 Å². The zero-order valence-corrected chi connectivity index (χ0v) is 19.4. The molecule has 1 aliphatic rings. The number of rotatable bonds is 7. The minimum absolute atomic E-state index is 0.243. The molecule has 0 bridgehead atoms. The molecule has 0 saturated heterocycles. The van der Waals surface area contributed by atoms with E-state index in [0.29, 0.717) is 30.6 Å². The number of hydrogen-bond acceptors (Lipinski definition) is 5. The SMILES string of the molecule is CCOc1cc(/C=C2\N=C(c3ccccc3C)OC2=O)ccc1OCc1ccccc1Br. The van der Waals surface area contributed by atoms with Crippen molar-refractivity contribution in [1.29, 1.82) is 0 Å². The van der Waals surface area contributed by atoms with Gasteiger partial charge >= 0.3 is 5.97 Å². The molecule has 1 heterocycles. The first-order valence-corrected chi connectivity index (χ1v) is 11.1. The second kappa shape index (κ2) is 9.83. The molecule has 0 amide bonds. The van der Waals surface area contributed by atoms with Crippen LogP contribution < -0.4 is 9.47 Å². The van der Waals surface area contributed by atoms with Crippen LogP contribution in [0.25, 0.3) is 6.08 Å². The van der Waals surface area contributed by atoms with Crippen molar-refractivity contribution in [2.24, 2.45) is 4.99 Å². The third kappa shape index (κ3) is 4.92. The fourth-order valence-electron chi connectivity index (χ4n) is 3.27. The fraction of sp³-hybridized carbons (Fsp3) is 0.154. The van der Waals surface area contributed by atoms with Crippen molar-refractivity contribution in [3.8, 4) is 11.5 Å². The number of esters is 1. The second-order valence-electron chi connectivity index (χ2n) is 7.17. The summed E-state index contributed by atoms with van der Waals surface area (Å²) in [6.45, 7) is 4.76. The van der Waals surface area contributed by atoms with Crippen molar-refractivity contribution in [3.63, 3.8) is 0 Å². The molecule has 4 rings (SSSR count). The summed E-state index contributed by atoms with van der Waals surface area (Å²) in [5.74, 6) is 1.07. The van der Waals surface area contributed by atoms with Crippen LogP contribution in [0.15, 0.2) is 81.9 Å². The van der Waals surface area contributed by atoms with Crippen LogP contribution in [0.2, 0.25) is 0 Å². The maximum atomic E-state index is 12.4. The number of aryl methyl sites for hydroxylation is 1. The maximum Gasteiger partial charge on any atom is 0.363 e. The molecule has 6 heteroatoms. The van der Waals surface area contributed by atoms with Crippen molar-refractivity contribution in [1.82, 2.24) is 0 Å². The highest BCUT2D eigenvalue weighted by molar-refractivity contribution is 9.10. The number of halogens is 1. The molecule has 3 aromatic carbocycles. The monoisotopic (exact) mass is 491 g/mol. The second-order valence-corrected chi connectivity index (χ2v) is 8.02. The Labute approximate surface area is 195 Å². The molecule has 162 valence electrons. The molecule has 0 spiro atoms. The Bertz CT molecular complexity index is 1220. The third-order valence-electron chi connectivity index (χ3n) is 4.91. The summed E-state index contributed by atoms with van der Waals surface area (Å²) in [4.78, 5) is 16.8. The number of aliphatic imine (C=N–C) groups is 1. The number of benzene rings is 3. The maximum absolute atomic E-state index is 12.4. The van der Waals surface area contributed by atoms with Crippen LogP contribution in [-0.2, 0) is 16.1 Å². The summed E-state index contributed by atoms with van der Waals surface area (Å²) < 4.78 is 18.2. The lowest BCUT2D eigenvalue weighted by Crippen LogP contribution is -2.06. The average molecular weight is 492 g/mol. The summed E-state index contributed by atoms with van der Waals surface area (Å²) in [5.41, 5.74) is 3.84. The van der Waals surface area contributed by atoms with Gasteiger partial charge in [-0.05, 0) is 55.3 Å². The summed E-state index contributed by atoms with van der Waals surface area (Å²) in [7, 11) is 0. The minimum Gasteiger partial charge on any atom is -0.490 e. The molecule has 32 heavy (non-hydrogen) atoms. The standard InChI is InChI=1S/C26H22BrNO4/c1-3-30-24-15-18(12-13-23(24)31-16-19-9-5-7-11-21(19)27)14-22-26(29)32-25(28-22)20-10-6-4-8-17(20)2/h4-15H,3,16H2,1-2H3/b22-14-. The van der Waals surface area contributed by atoms with Crippen molar-refractivity contribution in [2.75, 3.05) is 6.61 Å². The summed E-state index contributed by atoms with van der Waals surface area (Å²) in [5, 5.41) is 0. The Morgan fingerprint density at radius 1 is 1.00 bits per heavy atom. The number of cyclic esters (lactones) is 1. The van der Waals surface area contributed by atoms with Gasteiger partial charge in [0, 0.05) is 15.6 Å². The van der Waals surface area contributed by atoms with Crippen molar-refractivity contribution >= 4 is 33.9 Å². The fourth-order valence-corrected chi connectivity index (χ4v) is 3.67. The normalized spacial score (nSPS) is 14.3. The van der Waals surface area contributed by atoms with Gasteiger partial charge in [-0.25, -0.2) is 9.79 Å². The first kappa shape index (κ1) is 21.8. The highest BCUT2D eigenvalue weighted by atomic mass is 79.9. The lowest BCUT2D eigenvalue weighted by Gasteiger charge is -2.13. The topological polar surface area (TPSA) is 57.1 Å². The van der Waals surface area contributed by atoms with Gasteiger partial charge in [0.1, 0.15) is 6.61 Å². The molecule has 0 fully saturated rings. The Morgan fingerprint density at radius 3 is 2.56 bits per heavy atom. The van der Waals surface area contributed by atoms with E-state index in [4.69, 9.17) is 14.2 Å². The largest absolute Gasteiger partial charge is 0.490 e. The van der Waals surface area contributed by atoms with Crippen LogP contribution in [0.5, 0.6) is 11.5 Å². The van der Waals surface area contributed by atoms with E-state index in [2.05, 4.69) is 20.9 Å². The predicted octanol–water partition coefficient (Wildman–Crippen LogP) is 6.08. The molecular formula is C26H22BrNO4. The van der Waals surface area contributed by atoms with E-state index in [-0.39, 0.29) is 5.70 Å². The Hall–Kier alpha value is -3.38. The van der Waals surface area contributed by atoms with Gasteiger partial charge in [-0.1, -0.05) is 58.4 Å². The van der Waals surface area contributed by atoms with E-state index in [1.807, 2.05) is 80.6 Å². The van der Waals surface area contributed by atoms with Gasteiger partial charge < -0.3 is 14.2 Å². The molecule has 3 aromatic rings. The van der Waals surface area contributed by atoms with Crippen LogP contribution in [0.1, 0.15) is 29.2 Å². The number of carbonyl (C=O) groups is 1. The van der Waals surface area contributed by atoms with E-state index in [9.17, 15) is 4.79 Å². The smallest absolute Gasteiger partial charge is 0.363 e. The first-order valence-electron chi connectivity index (χ1n) is 10.3. The van der Waals surface area contributed by atoms with Crippen molar-refractivity contribution in [3.05, 3.63) is 99.2 Å². The number of nitrogens with zero attached hydrogens (tertiary/aromatic N) is 1. The van der Waals surface area contributed by atoms with E-state index >= 15 is 0 Å². The molecule has 0 saturated carbocycles. The van der Waals surface area contributed by atoms with E-state index in [1.54, 1.807) is 6.08 Å². The Kier molecular flexibility index (Phi) is 6.71. The van der Waals surface area contributed by atoms with Gasteiger partial charge in [0.25, 0.3) is 0 Å². The highest BCUT2D eigenvalue weighted by Gasteiger charge is 2.25. The van der Waals surface area contributed by atoms with Crippen LogP contribution in [0.3, 0.4) is 0 Å². The van der Waals surface area contributed by atoms with Gasteiger partial charge in [0.05, 0.1) is 6.61 Å². The highest BCUT2D eigenvalue weighted by Crippen LogP contribution is 2.31. The Morgan fingerprint density at radius 2 is 1.78 bits per heavy atom. The number of carbonyl (C=O) groups excluding carboxylic acids is 1. The lowest BCUT2D eigenvalue weighted by atomic mass is 10.1. The predicted molar refractivity (Wildman–Crippen MR) is 128 cm³/mol. The quantitative estimate of drug-likeness (QED) is 0.296. The first-order chi connectivity index (χ1) is 15.5. The van der Waals surface area contributed by atoms with Gasteiger partial charge in [-0.3, -0.25) is 0 Å². The molecular weight excluding hydrogens is 470 g/mol. The molecule has 0 aliphatic carbocycles. The molecule has 0 atom stereocenters. The Balaban J connectivity index is 1.58. The molecule has 0 aromatic heterocycles. The van der Waals surface area contributed by atoms with Gasteiger partial charge in [-0.2, -0.15) is 0 Å². The summed E-state index contributed by atoms with van der Waals surface area (Å²) in [6, 6.07) is 21.1. The van der Waals surface area contributed by atoms with Crippen molar-refractivity contribution in [2.45, 2.75) is 20.5 Å². The third-order valence-corrected chi connectivity index (χ3v) is 5.68. The zero-order valence-electron chi connectivity index (χ0n) is 17.8. The zero-order chi connectivity index (χ0) is 22.5. The molecule has 0 N–H and O–H groups in total. The summed E-state index contributed by atoms with van der Waals surface area (Å²) in [6.07, 6.45) is 1.69. The van der Waals surface area contributed by atoms with Gasteiger partial charge in [0.2, 0.25) is 5.90 Å². The lowest BCUT2D eigenvalue weighted by molar-refractivity contribution is -0.129. The molecule has 0 unspecified atom stereocenters.